The van der Waals surface area contributed by atoms with Crippen molar-refractivity contribution in [1.29, 1.82) is 0 Å². The van der Waals surface area contributed by atoms with E-state index in [1.54, 1.807) is 0 Å². The molecule has 2 nitrogen and oxygen atoms in total. The van der Waals surface area contributed by atoms with Gasteiger partial charge in [-0.3, -0.25) is 11.3 Å². The Balaban J connectivity index is 3.04. The molecule has 1 atom stereocenters. The summed E-state index contributed by atoms with van der Waals surface area (Å²) in [6.45, 7) is 6.25. The number of benzene rings is 1. The van der Waals surface area contributed by atoms with Crippen molar-refractivity contribution in [3.8, 4) is 0 Å². The molecule has 1 aromatic carbocycles. The van der Waals surface area contributed by atoms with Crippen molar-refractivity contribution in [3.05, 3.63) is 34.9 Å². The Labute approximate surface area is 73.8 Å². The number of hydrogen-bond acceptors (Lipinski definition) is 2. The summed E-state index contributed by atoms with van der Waals surface area (Å²) in [7, 11) is 0. The van der Waals surface area contributed by atoms with Gasteiger partial charge in [0, 0.05) is 6.04 Å². The number of rotatable bonds is 2. The molecule has 1 aromatic rings. The minimum absolute atomic E-state index is 0.227. The van der Waals surface area contributed by atoms with Crippen LogP contribution < -0.4 is 11.3 Å². The smallest absolute Gasteiger partial charge is 0.0434 e. The average molecular weight is 164 g/mol. The molecule has 2 heteroatoms. The normalized spacial score (nSPS) is 13.0. The van der Waals surface area contributed by atoms with Crippen molar-refractivity contribution in [2.45, 2.75) is 26.8 Å². The topological polar surface area (TPSA) is 38.0 Å². The van der Waals surface area contributed by atoms with Crippen molar-refractivity contribution in [2.75, 3.05) is 0 Å². The fourth-order valence-corrected chi connectivity index (χ4v) is 1.32. The van der Waals surface area contributed by atoms with Crippen molar-refractivity contribution in [1.82, 2.24) is 5.43 Å². The summed E-state index contributed by atoms with van der Waals surface area (Å²) in [6.07, 6.45) is 0. The Bertz CT molecular complexity index is 269. The first-order chi connectivity index (χ1) is 5.65. The van der Waals surface area contributed by atoms with Crippen LogP contribution in [0.5, 0.6) is 0 Å². The van der Waals surface area contributed by atoms with Gasteiger partial charge < -0.3 is 0 Å². The lowest BCUT2D eigenvalue weighted by molar-refractivity contribution is 0.599. The van der Waals surface area contributed by atoms with E-state index in [2.05, 4.69) is 44.4 Å². The first-order valence-corrected chi connectivity index (χ1v) is 4.18. The molecule has 0 saturated carbocycles. The molecule has 0 heterocycles. The van der Waals surface area contributed by atoms with Gasteiger partial charge in [0.25, 0.3) is 0 Å². The Morgan fingerprint density at radius 3 is 2.58 bits per heavy atom. The van der Waals surface area contributed by atoms with Crippen LogP contribution in [0.1, 0.15) is 29.7 Å². The summed E-state index contributed by atoms with van der Waals surface area (Å²) in [5.74, 6) is 5.37. The summed E-state index contributed by atoms with van der Waals surface area (Å²) in [5, 5.41) is 0. The van der Waals surface area contributed by atoms with Gasteiger partial charge in [0.05, 0.1) is 0 Å². The Kier molecular flexibility index (Phi) is 2.84. The van der Waals surface area contributed by atoms with Crippen molar-refractivity contribution in [3.63, 3.8) is 0 Å². The number of aryl methyl sites for hydroxylation is 2. The summed E-state index contributed by atoms with van der Waals surface area (Å²) < 4.78 is 0. The molecule has 0 aromatic heterocycles. The summed E-state index contributed by atoms with van der Waals surface area (Å²) >= 11 is 0. The molecule has 0 unspecified atom stereocenters. The minimum Gasteiger partial charge on any atom is -0.271 e. The molecule has 0 fully saturated rings. The lowest BCUT2D eigenvalue weighted by atomic mass is 10.0. The molecule has 0 spiro atoms. The van der Waals surface area contributed by atoms with Crippen molar-refractivity contribution < 1.29 is 0 Å². The van der Waals surface area contributed by atoms with E-state index < -0.39 is 0 Å². The second kappa shape index (κ2) is 3.70. The predicted molar refractivity (Wildman–Crippen MR) is 51.7 cm³/mol. The highest BCUT2D eigenvalue weighted by molar-refractivity contribution is 5.32. The number of nitrogens with two attached hydrogens (primary N) is 1. The Morgan fingerprint density at radius 2 is 2.00 bits per heavy atom. The first kappa shape index (κ1) is 9.23. The second-order valence-corrected chi connectivity index (χ2v) is 3.25. The number of hydrogen-bond donors (Lipinski definition) is 2. The van der Waals surface area contributed by atoms with E-state index in [1.165, 1.54) is 16.7 Å². The quantitative estimate of drug-likeness (QED) is 0.517. The third-order valence-electron chi connectivity index (χ3n) is 2.15. The third-order valence-corrected chi connectivity index (χ3v) is 2.15. The molecule has 0 amide bonds. The zero-order valence-electron chi connectivity index (χ0n) is 7.89. The van der Waals surface area contributed by atoms with E-state index in [-0.39, 0.29) is 6.04 Å². The molecular weight excluding hydrogens is 148 g/mol. The van der Waals surface area contributed by atoms with Gasteiger partial charge >= 0.3 is 0 Å². The molecule has 0 saturated heterocycles. The van der Waals surface area contributed by atoms with E-state index in [9.17, 15) is 0 Å². The SMILES string of the molecule is Cc1ccc(C)c([C@@H](C)NN)c1. The third kappa shape index (κ3) is 1.84. The number of nitrogens with one attached hydrogen (secondary N) is 1. The average Bonchev–Trinajstić information content (AvgIpc) is 2.08. The minimum atomic E-state index is 0.227. The van der Waals surface area contributed by atoms with Crippen LogP contribution in [0, 0.1) is 13.8 Å². The van der Waals surface area contributed by atoms with Gasteiger partial charge in [0.2, 0.25) is 0 Å². The zero-order chi connectivity index (χ0) is 9.14. The molecule has 66 valence electrons. The molecule has 0 radical (unpaired) electrons. The van der Waals surface area contributed by atoms with Crippen molar-refractivity contribution in [2.24, 2.45) is 5.84 Å². The van der Waals surface area contributed by atoms with E-state index in [0.717, 1.165) is 0 Å². The highest BCUT2D eigenvalue weighted by atomic mass is 15.2. The van der Waals surface area contributed by atoms with Crippen LogP contribution in [0.3, 0.4) is 0 Å². The van der Waals surface area contributed by atoms with Gasteiger partial charge in [0.1, 0.15) is 0 Å². The maximum atomic E-state index is 5.37. The van der Waals surface area contributed by atoms with Crippen LogP contribution in [-0.2, 0) is 0 Å². The summed E-state index contributed by atoms with van der Waals surface area (Å²) in [5.41, 5.74) is 6.58. The van der Waals surface area contributed by atoms with E-state index >= 15 is 0 Å². The maximum absolute atomic E-state index is 5.37. The van der Waals surface area contributed by atoms with Crippen LogP contribution in [0.25, 0.3) is 0 Å². The first-order valence-electron chi connectivity index (χ1n) is 4.18. The molecular formula is C10H16N2. The fourth-order valence-electron chi connectivity index (χ4n) is 1.32. The lowest BCUT2D eigenvalue weighted by Gasteiger charge is -2.13. The monoisotopic (exact) mass is 164 g/mol. The molecule has 0 aliphatic heterocycles. The number of hydrazine groups is 1. The maximum Gasteiger partial charge on any atom is 0.0434 e. The van der Waals surface area contributed by atoms with Gasteiger partial charge in [-0.2, -0.15) is 0 Å². The van der Waals surface area contributed by atoms with Gasteiger partial charge in [-0.05, 0) is 31.9 Å². The summed E-state index contributed by atoms with van der Waals surface area (Å²) in [4.78, 5) is 0. The van der Waals surface area contributed by atoms with Crippen LogP contribution >= 0.6 is 0 Å². The van der Waals surface area contributed by atoms with Crippen LogP contribution in [-0.4, -0.2) is 0 Å². The largest absolute Gasteiger partial charge is 0.271 e. The Hall–Kier alpha value is -0.860. The van der Waals surface area contributed by atoms with Crippen LogP contribution in [0.4, 0.5) is 0 Å². The van der Waals surface area contributed by atoms with E-state index in [4.69, 9.17) is 5.84 Å². The Morgan fingerprint density at radius 1 is 1.33 bits per heavy atom. The zero-order valence-corrected chi connectivity index (χ0v) is 7.89. The predicted octanol–water partition coefficient (Wildman–Crippen LogP) is 1.83. The molecule has 1 rings (SSSR count). The van der Waals surface area contributed by atoms with Crippen LogP contribution in [0.2, 0.25) is 0 Å². The molecule has 0 bridgehead atoms. The molecule has 0 aliphatic rings. The lowest BCUT2D eigenvalue weighted by Crippen LogP contribution is -2.26. The highest BCUT2D eigenvalue weighted by Crippen LogP contribution is 2.17. The fraction of sp³-hybridized carbons (Fsp3) is 0.400. The standard InChI is InChI=1S/C10H16N2/c1-7-4-5-8(2)10(6-7)9(3)12-11/h4-6,9,12H,11H2,1-3H3/t9-/m1/s1. The molecule has 12 heavy (non-hydrogen) atoms. The van der Waals surface area contributed by atoms with Gasteiger partial charge in [-0.25, -0.2) is 0 Å². The molecule has 3 N–H and O–H groups in total. The van der Waals surface area contributed by atoms with E-state index in [1.807, 2.05) is 0 Å². The van der Waals surface area contributed by atoms with Gasteiger partial charge in [-0.1, -0.05) is 23.8 Å². The van der Waals surface area contributed by atoms with E-state index in [0.29, 0.717) is 0 Å². The van der Waals surface area contributed by atoms with Gasteiger partial charge in [-0.15, -0.1) is 0 Å². The summed E-state index contributed by atoms with van der Waals surface area (Å²) in [6, 6.07) is 6.63. The highest BCUT2D eigenvalue weighted by Gasteiger charge is 2.05. The van der Waals surface area contributed by atoms with Crippen LogP contribution in [0.15, 0.2) is 18.2 Å². The van der Waals surface area contributed by atoms with Gasteiger partial charge in [0.15, 0.2) is 0 Å². The second-order valence-electron chi connectivity index (χ2n) is 3.25. The molecule has 0 aliphatic carbocycles. The van der Waals surface area contributed by atoms with Crippen molar-refractivity contribution >= 4 is 0 Å².